The molecule has 29 heavy (non-hydrogen) atoms. The molecule has 0 amide bonds. The highest BCUT2D eigenvalue weighted by Crippen LogP contribution is 2.33. The average molecular weight is 395 g/mol. The Morgan fingerprint density at radius 2 is 1.97 bits per heavy atom. The van der Waals surface area contributed by atoms with Gasteiger partial charge in [-0.2, -0.15) is 0 Å². The standard InChI is InChI=1S/C21H30N8/c22-16-11-15-12-25-21(27-20(15)29(14-16)17-3-1-2-4-17)26-19-6-5-18(13-24-19)28-9-7-23-8-10-28/h5-6,12-14,17,20,23H,1-4,7-11,22H2,(H2,24,25,26,27). The molecule has 0 spiro atoms. The van der Waals surface area contributed by atoms with Crippen molar-refractivity contribution in [3.8, 4) is 0 Å². The van der Waals surface area contributed by atoms with Crippen LogP contribution in [-0.4, -0.2) is 54.2 Å². The molecule has 2 fully saturated rings. The maximum absolute atomic E-state index is 6.20. The van der Waals surface area contributed by atoms with E-state index in [1.165, 1.54) is 31.3 Å². The Bertz CT molecular complexity index is 816. The van der Waals surface area contributed by atoms with Gasteiger partial charge in [-0.15, -0.1) is 0 Å². The highest BCUT2D eigenvalue weighted by Gasteiger charge is 2.33. The SMILES string of the molecule is NC1=CN(C2CCCC2)C2N=C(Nc3ccc(N4CCNCC4)cn3)NC=C2C1. The summed E-state index contributed by atoms with van der Waals surface area (Å²) in [5.41, 5.74) is 9.51. The van der Waals surface area contributed by atoms with Crippen molar-refractivity contribution >= 4 is 17.5 Å². The summed E-state index contributed by atoms with van der Waals surface area (Å²) in [5, 5.41) is 10.0. The molecule has 4 heterocycles. The lowest BCUT2D eigenvalue weighted by Gasteiger charge is -2.40. The third-order valence-electron chi connectivity index (χ3n) is 6.21. The van der Waals surface area contributed by atoms with E-state index in [0.29, 0.717) is 6.04 Å². The number of anilines is 2. The number of allylic oxidation sites excluding steroid dienone is 1. The molecule has 1 aromatic rings. The summed E-state index contributed by atoms with van der Waals surface area (Å²) >= 11 is 0. The smallest absolute Gasteiger partial charge is 0.203 e. The third-order valence-corrected chi connectivity index (χ3v) is 6.21. The maximum Gasteiger partial charge on any atom is 0.203 e. The lowest BCUT2D eigenvalue weighted by atomic mass is 10.0. The Hall–Kier alpha value is -2.74. The van der Waals surface area contributed by atoms with E-state index in [-0.39, 0.29) is 6.17 Å². The fraction of sp³-hybridized carbons (Fsp3) is 0.524. The second-order valence-corrected chi connectivity index (χ2v) is 8.24. The van der Waals surface area contributed by atoms with Crippen LogP contribution in [-0.2, 0) is 0 Å². The van der Waals surface area contributed by atoms with E-state index in [0.717, 1.165) is 55.8 Å². The predicted octanol–water partition coefficient (Wildman–Crippen LogP) is 1.52. The van der Waals surface area contributed by atoms with E-state index < -0.39 is 0 Å². The second kappa shape index (κ2) is 7.94. The first-order valence-corrected chi connectivity index (χ1v) is 10.7. The van der Waals surface area contributed by atoms with Gasteiger partial charge in [0.05, 0.1) is 11.9 Å². The molecule has 0 aromatic carbocycles. The van der Waals surface area contributed by atoms with Crippen LogP contribution >= 0.6 is 0 Å². The minimum atomic E-state index is 0.0225. The summed E-state index contributed by atoms with van der Waals surface area (Å²) in [6.45, 7) is 4.08. The van der Waals surface area contributed by atoms with Crippen LogP contribution in [0.15, 0.2) is 47.0 Å². The van der Waals surface area contributed by atoms with Crippen LogP contribution in [0.1, 0.15) is 32.1 Å². The minimum absolute atomic E-state index is 0.0225. The van der Waals surface area contributed by atoms with Crippen molar-refractivity contribution in [2.75, 3.05) is 36.4 Å². The molecule has 4 aliphatic rings. The number of aromatic nitrogens is 1. The maximum atomic E-state index is 6.20. The molecule has 1 saturated heterocycles. The topological polar surface area (TPSA) is 93.8 Å². The van der Waals surface area contributed by atoms with Crippen molar-refractivity contribution in [1.82, 2.24) is 20.5 Å². The second-order valence-electron chi connectivity index (χ2n) is 8.24. The normalized spacial score (nSPS) is 25.0. The average Bonchev–Trinajstić information content (AvgIpc) is 3.29. The van der Waals surface area contributed by atoms with Crippen LogP contribution in [0.2, 0.25) is 0 Å². The lowest BCUT2D eigenvalue weighted by Crippen LogP contribution is -2.46. The molecule has 1 unspecified atom stereocenters. The molecule has 154 valence electrons. The third kappa shape index (κ3) is 3.89. The van der Waals surface area contributed by atoms with Gasteiger partial charge in [-0.05, 0) is 30.5 Å². The summed E-state index contributed by atoms with van der Waals surface area (Å²) in [7, 11) is 0. The summed E-state index contributed by atoms with van der Waals surface area (Å²) in [6.07, 6.45) is 11.9. The van der Waals surface area contributed by atoms with E-state index in [9.17, 15) is 0 Å². The number of pyridine rings is 1. The number of guanidine groups is 1. The van der Waals surface area contributed by atoms with Gasteiger partial charge in [-0.1, -0.05) is 12.8 Å². The van der Waals surface area contributed by atoms with Crippen LogP contribution in [0.5, 0.6) is 0 Å². The van der Waals surface area contributed by atoms with E-state index in [1.54, 1.807) is 0 Å². The molecular formula is C21H30N8. The number of nitrogens with zero attached hydrogens (tertiary/aromatic N) is 4. The molecular weight excluding hydrogens is 364 g/mol. The zero-order chi connectivity index (χ0) is 19.6. The van der Waals surface area contributed by atoms with Crippen LogP contribution in [0.4, 0.5) is 11.5 Å². The Morgan fingerprint density at radius 1 is 1.14 bits per heavy atom. The van der Waals surface area contributed by atoms with Crippen LogP contribution in [0, 0.1) is 0 Å². The molecule has 1 aliphatic carbocycles. The van der Waals surface area contributed by atoms with Gasteiger partial charge in [0.15, 0.2) is 0 Å². The van der Waals surface area contributed by atoms with Crippen LogP contribution in [0.25, 0.3) is 0 Å². The number of nitrogens with two attached hydrogens (primary N) is 1. The highest BCUT2D eigenvalue weighted by atomic mass is 15.3. The summed E-state index contributed by atoms with van der Waals surface area (Å²) < 4.78 is 0. The molecule has 0 radical (unpaired) electrons. The molecule has 1 saturated carbocycles. The first kappa shape index (κ1) is 18.3. The molecule has 1 aromatic heterocycles. The number of nitrogens with one attached hydrogen (secondary N) is 3. The Balaban J connectivity index is 1.30. The largest absolute Gasteiger partial charge is 0.401 e. The van der Waals surface area contributed by atoms with Gasteiger partial charge < -0.3 is 31.5 Å². The summed E-state index contributed by atoms with van der Waals surface area (Å²) in [6, 6.07) is 4.68. The van der Waals surface area contributed by atoms with E-state index in [1.807, 2.05) is 12.3 Å². The van der Waals surface area contributed by atoms with Crippen molar-refractivity contribution in [3.05, 3.63) is 42.0 Å². The number of hydrogen-bond donors (Lipinski definition) is 4. The van der Waals surface area contributed by atoms with Crippen LogP contribution < -0.4 is 26.6 Å². The Morgan fingerprint density at radius 3 is 2.72 bits per heavy atom. The molecule has 5 rings (SSSR count). The number of rotatable bonds is 3. The fourth-order valence-electron chi connectivity index (χ4n) is 4.69. The monoisotopic (exact) mass is 394 g/mol. The molecule has 1 atom stereocenters. The number of piperazine rings is 1. The van der Waals surface area contributed by atoms with Gasteiger partial charge >= 0.3 is 0 Å². The molecule has 0 bridgehead atoms. The van der Waals surface area contributed by atoms with Gasteiger partial charge in [0.1, 0.15) is 12.0 Å². The molecule has 3 aliphatic heterocycles. The summed E-state index contributed by atoms with van der Waals surface area (Å²) in [5.74, 6) is 1.53. The van der Waals surface area contributed by atoms with Gasteiger partial charge in [-0.3, -0.25) is 0 Å². The Labute approximate surface area is 171 Å². The quantitative estimate of drug-likeness (QED) is 0.618. The van der Waals surface area contributed by atoms with Crippen molar-refractivity contribution in [2.45, 2.75) is 44.3 Å². The lowest BCUT2D eigenvalue weighted by molar-refractivity contribution is 0.219. The fourth-order valence-corrected chi connectivity index (χ4v) is 4.69. The number of fused-ring (bicyclic) bond motifs is 1. The number of hydrogen-bond acceptors (Lipinski definition) is 8. The first-order valence-electron chi connectivity index (χ1n) is 10.7. The zero-order valence-corrected chi connectivity index (χ0v) is 16.8. The van der Waals surface area contributed by atoms with Crippen molar-refractivity contribution < 1.29 is 0 Å². The van der Waals surface area contributed by atoms with Crippen LogP contribution in [0.3, 0.4) is 0 Å². The first-order chi connectivity index (χ1) is 14.3. The van der Waals surface area contributed by atoms with E-state index in [2.05, 4.69) is 49.2 Å². The predicted molar refractivity (Wildman–Crippen MR) is 116 cm³/mol. The number of aliphatic imine (C=N–C) groups is 1. The highest BCUT2D eigenvalue weighted by molar-refractivity contribution is 5.94. The molecule has 8 nitrogen and oxygen atoms in total. The molecule has 5 N–H and O–H groups in total. The minimum Gasteiger partial charge on any atom is -0.401 e. The molecule has 8 heteroatoms. The van der Waals surface area contributed by atoms with Gasteiger partial charge in [-0.25, -0.2) is 9.98 Å². The Kier molecular flexibility index (Phi) is 5.01. The van der Waals surface area contributed by atoms with E-state index >= 15 is 0 Å². The van der Waals surface area contributed by atoms with Crippen molar-refractivity contribution in [3.63, 3.8) is 0 Å². The van der Waals surface area contributed by atoms with Gasteiger partial charge in [0, 0.05) is 56.7 Å². The van der Waals surface area contributed by atoms with Crippen molar-refractivity contribution in [1.29, 1.82) is 0 Å². The van der Waals surface area contributed by atoms with Crippen molar-refractivity contribution in [2.24, 2.45) is 10.7 Å². The van der Waals surface area contributed by atoms with Gasteiger partial charge in [0.25, 0.3) is 0 Å². The zero-order valence-electron chi connectivity index (χ0n) is 16.8. The van der Waals surface area contributed by atoms with E-state index in [4.69, 9.17) is 10.7 Å². The van der Waals surface area contributed by atoms with Gasteiger partial charge in [0.2, 0.25) is 5.96 Å². The summed E-state index contributed by atoms with van der Waals surface area (Å²) in [4.78, 5) is 14.3.